The van der Waals surface area contributed by atoms with E-state index in [1.807, 2.05) is 32.0 Å². The second-order valence-corrected chi connectivity index (χ2v) is 5.72. The molecule has 0 fully saturated rings. The molecule has 138 valence electrons. The molecule has 6 heteroatoms. The van der Waals surface area contributed by atoms with Gasteiger partial charge in [0.25, 0.3) is 5.91 Å². The highest BCUT2D eigenvalue weighted by Gasteiger charge is 2.14. The van der Waals surface area contributed by atoms with Crippen molar-refractivity contribution in [2.45, 2.75) is 20.3 Å². The molecule has 1 N–H and O–H groups in total. The molecule has 0 aliphatic carbocycles. The summed E-state index contributed by atoms with van der Waals surface area (Å²) in [7, 11) is 0. The van der Waals surface area contributed by atoms with Gasteiger partial charge in [0.15, 0.2) is 23.0 Å². The van der Waals surface area contributed by atoms with Crippen molar-refractivity contribution in [3.8, 4) is 23.0 Å². The highest BCUT2D eigenvalue weighted by Crippen LogP contribution is 2.32. The molecule has 0 spiro atoms. The quantitative estimate of drug-likeness (QED) is 0.786. The first-order valence-electron chi connectivity index (χ1n) is 8.77. The van der Waals surface area contributed by atoms with Crippen molar-refractivity contribution >= 4 is 5.91 Å². The van der Waals surface area contributed by atoms with Crippen LogP contribution in [0.25, 0.3) is 0 Å². The number of rotatable bonds is 8. The van der Waals surface area contributed by atoms with E-state index in [4.69, 9.17) is 18.9 Å². The maximum Gasteiger partial charge on any atom is 0.251 e. The van der Waals surface area contributed by atoms with E-state index in [9.17, 15) is 4.79 Å². The van der Waals surface area contributed by atoms with Crippen LogP contribution >= 0.6 is 0 Å². The van der Waals surface area contributed by atoms with E-state index in [2.05, 4.69) is 5.32 Å². The molecule has 1 heterocycles. The van der Waals surface area contributed by atoms with Crippen molar-refractivity contribution in [2.75, 3.05) is 26.6 Å². The molecular formula is C20H23NO5. The molecule has 2 aromatic rings. The van der Waals surface area contributed by atoms with E-state index in [1.54, 1.807) is 18.2 Å². The number of nitrogens with one attached hydrogen (secondary N) is 1. The molecule has 1 aliphatic heterocycles. The standard InChI is InChI=1S/C20H23NO5/c1-3-23-16-8-6-15(12-19(16)24-4-2)20(22)21-10-9-14-5-7-17-18(11-14)26-13-25-17/h5-8,11-12H,3-4,9-10,13H2,1-2H3,(H,21,22). The van der Waals surface area contributed by atoms with Crippen LogP contribution in [0, 0.1) is 0 Å². The Morgan fingerprint density at radius 3 is 2.58 bits per heavy atom. The number of ether oxygens (including phenoxy) is 4. The Morgan fingerprint density at radius 2 is 1.77 bits per heavy atom. The number of benzene rings is 2. The summed E-state index contributed by atoms with van der Waals surface area (Å²) >= 11 is 0. The van der Waals surface area contributed by atoms with Crippen molar-refractivity contribution in [3.63, 3.8) is 0 Å². The molecule has 0 saturated carbocycles. The first-order chi connectivity index (χ1) is 12.7. The van der Waals surface area contributed by atoms with Crippen LogP contribution in [-0.2, 0) is 6.42 Å². The zero-order valence-electron chi connectivity index (χ0n) is 15.0. The van der Waals surface area contributed by atoms with Gasteiger partial charge in [0.1, 0.15) is 0 Å². The van der Waals surface area contributed by atoms with Gasteiger partial charge >= 0.3 is 0 Å². The van der Waals surface area contributed by atoms with E-state index >= 15 is 0 Å². The van der Waals surface area contributed by atoms with Crippen molar-refractivity contribution in [1.82, 2.24) is 5.32 Å². The summed E-state index contributed by atoms with van der Waals surface area (Å²) in [5.74, 6) is 2.59. The van der Waals surface area contributed by atoms with Crippen molar-refractivity contribution < 1.29 is 23.7 Å². The van der Waals surface area contributed by atoms with Crippen LogP contribution in [0.15, 0.2) is 36.4 Å². The number of carbonyl (C=O) groups is 1. The summed E-state index contributed by atoms with van der Waals surface area (Å²) in [4.78, 5) is 12.4. The molecule has 0 atom stereocenters. The summed E-state index contributed by atoms with van der Waals surface area (Å²) in [5, 5.41) is 2.93. The molecule has 0 aromatic heterocycles. The summed E-state index contributed by atoms with van der Waals surface area (Å²) in [6.45, 7) is 5.64. The van der Waals surface area contributed by atoms with E-state index in [-0.39, 0.29) is 12.7 Å². The van der Waals surface area contributed by atoms with Crippen LogP contribution in [0.1, 0.15) is 29.8 Å². The Morgan fingerprint density at radius 1 is 1.00 bits per heavy atom. The number of amides is 1. The second-order valence-electron chi connectivity index (χ2n) is 5.72. The predicted molar refractivity (Wildman–Crippen MR) is 97.4 cm³/mol. The number of carbonyl (C=O) groups excluding carboxylic acids is 1. The maximum absolute atomic E-state index is 12.4. The van der Waals surface area contributed by atoms with Gasteiger partial charge in [-0.1, -0.05) is 6.07 Å². The average molecular weight is 357 g/mol. The third-order valence-electron chi connectivity index (χ3n) is 3.94. The third kappa shape index (κ3) is 4.20. The summed E-state index contributed by atoms with van der Waals surface area (Å²) in [6, 6.07) is 11.0. The monoisotopic (exact) mass is 357 g/mol. The van der Waals surface area contributed by atoms with Crippen LogP contribution < -0.4 is 24.3 Å². The number of hydrogen-bond acceptors (Lipinski definition) is 5. The fraction of sp³-hybridized carbons (Fsp3) is 0.350. The normalized spacial score (nSPS) is 11.9. The van der Waals surface area contributed by atoms with Gasteiger partial charge < -0.3 is 24.3 Å². The highest BCUT2D eigenvalue weighted by molar-refractivity contribution is 5.94. The molecule has 6 nitrogen and oxygen atoms in total. The Hall–Kier alpha value is -2.89. The average Bonchev–Trinajstić information content (AvgIpc) is 3.11. The fourth-order valence-electron chi connectivity index (χ4n) is 2.71. The van der Waals surface area contributed by atoms with E-state index < -0.39 is 0 Å². The van der Waals surface area contributed by atoms with Crippen LogP contribution in [-0.4, -0.2) is 32.5 Å². The molecule has 1 aliphatic rings. The van der Waals surface area contributed by atoms with Crippen LogP contribution in [0.4, 0.5) is 0 Å². The minimum Gasteiger partial charge on any atom is -0.490 e. The van der Waals surface area contributed by atoms with Gasteiger partial charge in [-0.3, -0.25) is 4.79 Å². The molecule has 0 saturated heterocycles. The summed E-state index contributed by atoms with van der Waals surface area (Å²) < 4.78 is 21.8. The van der Waals surface area contributed by atoms with Crippen LogP contribution in [0.3, 0.4) is 0 Å². The van der Waals surface area contributed by atoms with E-state index in [1.165, 1.54) is 0 Å². The van der Waals surface area contributed by atoms with Gasteiger partial charge in [0.2, 0.25) is 6.79 Å². The third-order valence-corrected chi connectivity index (χ3v) is 3.94. The largest absolute Gasteiger partial charge is 0.490 e. The van der Waals surface area contributed by atoms with Gasteiger partial charge in [-0.15, -0.1) is 0 Å². The van der Waals surface area contributed by atoms with E-state index in [0.717, 1.165) is 17.1 Å². The number of hydrogen-bond donors (Lipinski definition) is 1. The lowest BCUT2D eigenvalue weighted by Crippen LogP contribution is -2.25. The zero-order chi connectivity index (χ0) is 18.4. The van der Waals surface area contributed by atoms with Crippen molar-refractivity contribution in [1.29, 1.82) is 0 Å². The SMILES string of the molecule is CCOc1ccc(C(=O)NCCc2ccc3c(c2)OCO3)cc1OCC. The second kappa shape index (κ2) is 8.47. The molecule has 2 aromatic carbocycles. The number of fused-ring (bicyclic) bond motifs is 1. The minimum atomic E-state index is -0.144. The van der Waals surface area contributed by atoms with Gasteiger partial charge in [0.05, 0.1) is 13.2 Å². The molecule has 0 radical (unpaired) electrons. The Bertz CT molecular complexity index is 775. The Kier molecular flexibility index (Phi) is 5.84. The predicted octanol–water partition coefficient (Wildman–Crippen LogP) is 3.19. The Balaban J connectivity index is 1.58. The van der Waals surface area contributed by atoms with Crippen molar-refractivity contribution in [3.05, 3.63) is 47.5 Å². The van der Waals surface area contributed by atoms with Gasteiger partial charge in [0, 0.05) is 12.1 Å². The smallest absolute Gasteiger partial charge is 0.251 e. The van der Waals surface area contributed by atoms with Crippen molar-refractivity contribution in [2.24, 2.45) is 0 Å². The topological polar surface area (TPSA) is 66.0 Å². The van der Waals surface area contributed by atoms with Crippen LogP contribution in [0.5, 0.6) is 23.0 Å². The maximum atomic E-state index is 12.4. The summed E-state index contributed by atoms with van der Waals surface area (Å²) in [5.41, 5.74) is 1.62. The first kappa shape index (κ1) is 17.9. The molecule has 0 unspecified atom stereocenters. The lowest BCUT2D eigenvalue weighted by atomic mass is 10.1. The summed E-state index contributed by atoms with van der Waals surface area (Å²) in [6.07, 6.45) is 0.706. The zero-order valence-corrected chi connectivity index (χ0v) is 15.0. The molecule has 0 bridgehead atoms. The minimum absolute atomic E-state index is 0.144. The molecule has 1 amide bonds. The van der Waals surface area contributed by atoms with Gasteiger partial charge in [-0.2, -0.15) is 0 Å². The van der Waals surface area contributed by atoms with Gasteiger partial charge in [-0.25, -0.2) is 0 Å². The molecular weight excluding hydrogens is 334 g/mol. The molecule has 3 rings (SSSR count). The lowest BCUT2D eigenvalue weighted by Gasteiger charge is -2.12. The Labute approximate surface area is 153 Å². The fourth-order valence-corrected chi connectivity index (χ4v) is 2.71. The first-order valence-corrected chi connectivity index (χ1v) is 8.77. The van der Waals surface area contributed by atoms with E-state index in [0.29, 0.717) is 43.2 Å². The van der Waals surface area contributed by atoms with Gasteiger partial charge in [-0.05, 0) is 56.2 Å². The van der Waals surface area contributed by atoms with Crippen LogP contribution in [0.2, 0.25) is 0 Å². The molecule has 26 heavy (non-hydrogen) atoms. The highest BCUT2D eigenvalue weighted by atomic mass is 16.7. The lowest BCUT2D eigenvalue weighted by molar-refractivity contribution is 0.0953.